The van der Waals surface area contributed by atoms with Gasteiger partial charge >= 0.3 is 0 Å². The zero-order valence-corrected chi connectivity index (χ0v) is 12.8. The van der Waals surface area contributed by atoms with Crippen LogP contribution in [-0.2, 0) is 0 Å². The molecule has 0 aromatic heterocycles. The lowest BCUT2D eigenvalue weighted by atomic mass is 9.94. The molecule has 0 fully saturated rings. The van der Waals surface area contributed by atoms with E-state index in [1.807, 2.05) is 0 Å². The molecule has 1 aliphatic carbocycles. The van der Waals surface area contributed by atoms with Crippen molar-refractivity contribution < 1.29 is 4.74 Å². The van der Waals surface area contributed by atoms with E-state index in [0.717, 1.165) is 31.2 Å². The summed E-state index contributed by atoms with van der Waals surface area (Å²) in [4.78, 5) is 0. The van der Waals surface area contributed by atoms with Crippen molar-refractivity contribution in [2.45, 2.75) is 45.6 Å². The molecule has 0 aliphatic heterocycles. The van der Waals surface area contributed by atoms with Gasteiger partial charge in [0.1, 0.15) is 5.75 Å². The minimum Gasteiger partial charge on any atom is -0.494 e. The highest BCUT2D eigenvalue weighted by Crippen LogP contribution is 2.20. The lowest BCUT2D eigenvalue weighted by Crippen LogP contribution is -2.26. The first-order chi connectivity index (χ1) is 9.79. The summed E-state index contributed by atoms with van der Waals surface area (Å²) in [5.74, 6) is 1.77. The van der Waals surface area contributed by atoms with Gasteiger partial charge in [-0.1, -0.05) is 31.2 Å². The van der Waals surface area contributed by atoms with Crippen molar-refractivity contribution in [3.05, 3.63) is 42.0 Å². The van der Waals surface area contributed by atoms with Crippen LogP contribution >= 0.6 is 0 Å². The van der Waals surface area contributed by atoms with Crippen LogP contribution in [0, 0.1) is 5.92 Å². The molecular formula is C18H27NO. The summed E-state index contributed by atoms with van der Waals surface area (Å²) in [6.07, 6.45) is 9.46. The molecule has 1 aromatic rings. The van der Waals surface area contributed by atoms with Crippen LogP contribution in [0.4, 0.5) is 0 Å². The van der Waals surface area contributed by atoms with Crippen molar-refractivity contribution in [2.75, 3.05) is 13.2 Å². The molecule has 2 atom stereocenters. The van der Waals surface area contributed by atoms with Gasteiger partial charge < -0.3 is 10.1 Å². The van der Waals surface area contributed by atoms with Gasteiger partial charge in [0.15, 0.2) is 0 Å². The van der Waals surface area contributed by atoms with Crippen molar-refractivity contribution in [1.82, 2.24) is 5.32 Å². The van der Waals surface area contributed by atoms with Crippen molar-refractivity contribution in [1.29, 1.82) is 0 Å². The third-order valence-electron chi connectivity index (χ3n) is 3.94. The van der Waals surface area contributed by atoms with Gasteiger partial charge in [-0.15, -0.1) is 0 Å². The van der Waals surface area contributed by atoms with Gasteiger partial charge in [-0.3, -0.25) is 0 Å². The van der Waals surface area contributed by atoms with Crippen molar-refractivity contribution in [2.24, 2.45) is 5.92 Å². The zero-order valence-electron chi connectivity index (χ0n) is 12.8. The van der Waals surface area contributed by atoms with Crippen LogP contribution in [0.5, 0.6) is 5.75 Å². The Kier molecular flexibility index (Phi) is 6.13. The van der Waals surface area contributed by atoms with Gasteiger partial charge in [-0.25, -0.2) is 0 Å². The molecular weight excluding hydrogens is 246 g/mol. The molecule has 0 radical (unpaired) electrons. The zero-order chi connectivity index (χ0) is 14.2. The molecule has 0 heterocycles. The van der Waals surface area contributed by atoms with E-state index >= 15 is 0 Å². The maximum atomic E-state index is 5.62. The molecule has 20 heavy (non-hydrogen) atoms. The first-order valence-electron chi connectivity index (χ1n) is 7.90. The van der Waals surface area contributed by atoms with E-state index in [0.29, 0.717) is 6.04 Å². The van der Waals surface area contributed by atoms with Crippen LogP contribution in [0.3, 0.4) is 0 Å². The largest absolute Gasteiger partial charge is 0.494 e. The number of nitrogens with one attached hydrogen (secondary N) is 1. The Morgan fingerprint density at radius 3 is 2.70 bits per heavy atom. The summed E-state index contributed by atoms with van der Waals surface area (Å²) in [5, 5.41) is 3.66. The van der Waals surface area contributed by atoms with E-state index in [-0.39, 0.29) is 0 Å². The fourth-order valence-electron chi connectivity index (χ4n) is 2.58. The second kappa shape index (κ2) is 8.11. The minimum atomic E-state index is 0.404. The molecule has 2 heteroatoms. The molecule has 0 amide bonds. The van der Waals surface area contributed by atoms with Crippen molar-refractivity contribution >= 4 is 0 Å². The van der Waals surface area contributed by atoms with Crippen LogP contribution < -0.4 is 10.1 Å². The SMILES string of the molecule is CCCOc1ccc(C(C)NCC2CC=CCC2)cc1. The number of benzene rings is 1. The van der Waals surface area contributed by atoms with Crippen molar-refractivity contribution in [3.63, 3.8) is 0 Å². The maximum absolute atomic E-state index is 5.62. The van der Waals surface area contributed by atoms with Crippen LogP contribution in [-0.4, -0.2) is 13.2 Å². The Balaban J connectivity index is 1.79. The highest BCUT2D eigenvalue weighted by Gasteiger charge is 2.12. The van der Waals surface area contributed by atoms with Crippen LogP contribution in [0.1, 0.15) is 51.1 Å². The fraction of sp³-hybridized carbons (Fsp3) is 0.556. The second-order valence-corrected chi connectivity index (χ2v) is 5.70. The van der Waals surface area contributed by atoms with Crippen LogP contribution in [0.2, 0.25) is 0 Å². The number of rotatable bonds is 7. The summed E-state index contributed by atoms with van der Waals surface area (Å²) in [6, 6.07) is 8.90. The van der Waals surface area contributed by atoms with E-state index in [4.69, 9.17) is 4.74 Å². The van der Waals surface area contributed by atoms with Gasteiger partial charge in [-0.2, -0.15) is 0 Å². The van der Waals surface area contributed by atoms with E-state index in [9.17, 15) is 0 Å². The molecule has 0 bridgehead atoms. The lowest BCUT2D eigenvalue weighted by molar-refractivity contribution is 0.317. The Bertz CT molecular complexity index is 410. The Morgan fingerprint density at radius 1 is 1.25 bits per heavy atom. The summed E-state index contributed by atoms with van der Waals surface area (Å²) in [7, 11) is 0. The molecule has 0 spiro atoms. The summed E-state index contributed by atoms with van der Waals surface area (Å²) in [6.45, 7) is 6.27. The standard InChI is InChI=1S/C18H27NO/c1-3-13-20-18-11-9-17(10-12-18)15(2)19-14-16-7-5-4-6-8-16/h4-5,9-12,15-16,19H,3,6-8,13-14H2,1-2H3. The second-order valence-electron chi connectivity index (χ2n) is 5.70. The van der Waals surface area contributed by atoms with Gasteiger partial charge in [0.25, 0.3) is 0 Å². The monoisotopic (exact) mass is 273 g/mol. The molecule has 1 aromatic carbocycles. The van der Waals surface area contributed by atoms with Gasteiger partial charge in [0.05, 0.1) is 6.61 Å². The van der Waals surface area contributed by atoms with Gasteiger partial charge in [0.2, 0.25) is 0 Å². The predicted molar refractivity (Wildman–Crippen MR) is 85.1 cm³/mol. The Labute approximate surface area is 123 Å². The number of hydrogen-bond donors (Lipinski definition) is 1. The topological polar surface area (TPSA) is 21.3 Å². The van der Waals surface area contributed by atoms with Gasteiger partial charge in [-0.05, 0) is 62.8 Å². The Hall–Kier alpha value is -1.28. The normalized spacial score (nSPS) is 19.8. The number of ether oxygens (including phenoxy) is 1. The van der Waals surface area contributed by atoms with E-state index < -0.39 is 0 Å². The van der Waals surface area contributed by atoms with Crippen molar-refractivity contribution in [3.8, 4) is 5.75 Å². The average molecular weight is 273 g/mol. The first-order valence-corrected chi connectivity index (χ1v) is 7.90. The molecule has 0 saturated heterocycles. The number of hydrogen-bond acceptors (Lipinski definition) is 2. The van der Waals surface area contributed by atoms with Crippen LogP contribution in [0.15, 0.2) is 36.4 Å². The molecule has 2 nitrogen and oxygen atoms in total. The molecule has 0 saturated carbocycles. The highest BCUT2D eigenvalue weighted by molar-refractivity contribution is 5.28. The number of allylic oxidation sites excluding steroid dienone is 2. The third kappa shape index (κ3) is 4.68. The minimum absolute atomic E-state index is 0.404. The van der Waals surface area contributed by atoms with E-state index in [1.165, 1.54) is 24.8 Å². The quantitative estimate of drug-likeness (QED) is 0.739. The van der Waals surface area contributed by atoms with E-state index in [2.05, 4.69) is 55.6 Å². The first kappa shape index (κ1) is 15.1. The summed E-state index contributed by atoms with van der Waals surface area (Å²) >= 11 is 0. The van der Waals surface area contributed by atoms with Crippen LogP contribution in [0.25, 0.3) is 0 Å². The summed E-state index contributed by atoms with van der Waals surface area (Å²) in [5.41, 5.74) is 1.33. The Morgan fingerprint density at radius 2 is 2.05 bits per heavy atom. The third-order valence-corrected chi connectivity index (χ3v) is 3.94. The molecule has 2 rings (SSSR count). The molecule has 1 N–H and O–H groups in total. The van der Waals surface area contributed by atoms with E-state index in [1.54, 1.807) is 0 Å². The van der Waals surface area contributed by atoms with Gasteiger partial charge in [0, 0.05) is 6.04 Å². The lowest BCUT2D eigenvalue weighted by Gasteiger charge is -2.21. The predicted octanol–water partition coefficient (Wildman–Crippen LogP) is 4.48. The fourth-order valence-corrected chi connectivity index (χ4v) is 2.58. The molecule has 2 unspecified atom stereocenters. The highest BCUT2D eigenvalue weighted by atomic mass is 16.5. The maximum Gasteiger partial charge on any atom is 0.119 e. The smallest absolute Gasteiger partial charge is 0.119 e. The molecule has 1 aliphatic rings. The average Bonchev–Trinajstić information content (AvgIpc) is 2.52. The summed E-state index contributed by atoms with van der Waals surface area (Å²) < 4.78 is 5.62. The molecule has 110 valence electrons.